The van der Waals surface area contributed by atoms with Crippen LogP contribution in [0.15, 0.2) is 17.1 Å². The molecule has 0 bridgehead atoms. The summed E-state index contributed by atoms with van der Waals surface area (Å²) in [5.41, 5.74) is 0.335. The lowest BCUT2D eigenvalue weighted by atomic mass is 9.92. The second-order valence-electron chi connectivity index (χ2n) is 5.19. The van der Waals surface area contributed by atoms with E-state index in [2.05, 4.69) is 15.0 Å². The zero-order valence-corrected chi connectivity index (χ0v) is 11.5. The Morgan fingerprint density at radius 3 is 2.56 bits per heavy atom. The number of hydrogen-bond donors (Lipinski definition) is 1. The van der Waals surface area contributed by atoms with Gasteiger partial charge in [0.05, 0.1) is 11.9 Å². The number of aromatic amines is 1. The quantitative estimate of drug-likeness (QED) is 0.860. The smallest absolute Gasteiger partial charge is 0.251 e. The molecule has 0 atom stereocenters. The molecule has 2 heterocycles. The van der Waals surface area contributed by atoms with Crippen LogP contribution >= 0.6 is 11.6 Å². The molecule has 0 fully saturated rings. The van der Waals surface area contributed by atoms with E-state index in [1.165, 1.54) is 12.3 Å². The SMILES string of the molecule is Cn1c(Cl)cnc1-c1nc(C(C)(C)C)cc(=O)[nH]1. The number of halogens is 1. The van der Waals surface area contributed by atoms with Gasteiger partial charge in [-0.3, -0.25) is 4.79 Å². The molecular weight excluding hydrogens is 252 g/mol. The minimum Gasteiger partial charge on any atom is -0.316 e. The van der Waals surface area contributed by atoms with Crippen LogP contribution in [0.4, 0.5) is 0 Å². The highest BCUT2D eigenvalue weighted by atomic mass is 35.5. The van der Waals surface area contributed by atoms with Gasteiger partial charge in [0, 0.05) is 18.5 Å². The highest BCUT2D eigenvalue weighted by Gasteiger charge is 2.19. The summed E-state index contributed by atoms with van der Waals surface area (Å²) in [4.78, 5) is 23.0. The number of H-pyrrole nitrogens is 1. The average molecular weight is 267 g/mol. The van der Waals surface area contributed by atoms with E-state index in [1.54, 1.807) is 11.6 Å². The zero-order valence-electron chi connectivity index (χ0n) is 10.8. The van der Waals surface area contributed by atoms with Crippen LogP contribution in [0.5, 0.6) is 0 Å². The summed E-state index contributed by atoms with van der Waals surface area (Å²) in [6.07, 6.45) is 1.53. The van der Waals surface area contributed by atoms with Crippen molar-refractivity contribution in [3.63, 3.8) is 0 Å². The Labute approximate surface area is 110 Å². The first-order valence-electron chi connectivity index (χ1n) is 5.58. The van der Waals surface area contributed by atoms with Crippen LogP contribution < -0.4 is 5.56 Å². The largest absolute Gasteiger partial charge is 0.316 e. The Hall–Kier alpha value is -1.62. The van der Waals surface area contributed by atoms with Gasteiger partial charge in [0.15, 0.2) is 11.6 Å². The Morgan fingerprint density at radius 1 is 1.39 bits per heavy atom. The zero-order chi connectivity index (χ0) is 13.5. The number of rotatable bonds is 1. The third-order valence-corrected chi connectivity index (χ3v) is 3.00. The molecule has 2 aromatic heterocycles. The van der Waals surface area contributed by atoms with Gasteiger partial charge in [0.1, 0.15) is 5.15 Å². The number of nitrogens with one attached hydrogen (secondary N) is 1. The Bertz CT molecular complexity index is 636. The van der Waals surface area contributed by atoms with Crippen LogP contribution in [0.3, 0.4) is 0 Å². The van der Waals surface area contributed by atoms with Crippen LogP contribution in [0.1, 0.15) is 26.5 Å². The normalized spacial score (nSPS) is 11.8. The lowest BCUT2D eigenvalue weighted by molar-refractivity contribution is 0.566. The number of nitrogens with zero attached hydrogens (tertiary/aromatic N) is 3. The van der Waals surface area contributed by atoms with Gasteiger partial charge >= 0.3 is 0 Å². The summed E-state index contributed by atoms with van der Waals surface area (Å²) in [5.74, 6) is 0.977. The number of aromatic nitrogens is 4. The molecule has 0 spiro atoms. The summed E-state index contributed by atoms with van der Waals surface area (Å²) >= 11 is 5.93. The summed E-state index contributed by atoms with van der Waals surface area (Å²) in [6, 6.07) is 1.51. The second-order valence-corrected chi connectivity index (χ2v) is 5.58. The molecule has 5 nitrogen and oxygen atoms in total. The molecule has 96 valence electrons. The Kier molecular flexibility index (Phi) is 3.02. The molecule has 2 rings (SSSR count). The standard InChI is InChI=1S/C12H15ClN4O/c1-12(2,3)7-5-9(18)16-10(15-7)11-14-6-8(13)17(11)4/h5-6H,1-4H3,(H,15,16,18). The first kappa shape index (κ1) is 12.8. The molecule has 0 aromatic carbocycles. The van der Waals surface area contributed by atoms with Gasteiger partial charge in [0.2, 0.25) is 0 Å². The maximum absolute atomic E-state index is 11.7. The molecule has 0 amide bonds. The molecule has 6 heteroatoms. The predicted octanol–water partition coefficient (Wildman–Crippen LogP) is 2.12. The molecule has 0 radical (unpaired) electrons. The monoisotopic (exact) mass is 266 g/mol. The van der Waals surface area contributed by atoms with E-state index in [4.69, 9.17) is 11.6 Å². The first-order valence-corrected chi connectivity index (χ1v) is 5.96. The molecule has 0 saturated heterocycles. The van der Waals surface area contributed by atoms with E-state index >= 15 is 0 Å². The Balaban J connectivity index is 2.63. The van der Waals surface area contributed by atoms with E-state index < -0.39 is 0 Å². The van der Waals surface area contributed by atoms with E-state index in [0.717, 1.165) is 5.69 Å². The van der Waals surface area contributed by atoms with Gasteiger partial charge in [-0.25, -0.2) is 9.97 Å². The van der Waals surface area contributed by atoms with E-state index in [0.29, 0.717) is 16.8 Å². The van der Waals surface area contributed by atoms with Crippen molar-refractivity contribution >= 4 is 11.6 Å². The number of imidazole rings is 1. The van der Waals surface area contributed by atoms with Crippen LogP contribution in [-0.2, 0) is 12.5 Å². The van der Waals surface area contributed by atoms with Gasteiger partial charge in [-0.15, -0.1) is 0 Å². The van der Waals surface area contributed by atoms with Crippen molar-refractivity contribution < 1.29 is 0 Å². The topological polar surface area (TPSA) is 63.6 Å². The van der Waals surface area contributed by atoms with Crippen molar-refractivity contribution in [2.24, 2.45) is 7.05 Å². The van der Waals surface area contributed by atoms with Crippen LogP contribution in [-0.4, -0.2) is 19.5 Å². The Morgan fingerprint density at radius 2 is 2.06 bits per heavy atom. The third kappa shape index (κ3) is 2.31. The highest BCUT2D eigenvalue weighted by Crippen LogP contribution is 2.22. The second kappa shape index (κ2) is 4.24. The fourth-order valence-corrected chi connectivity index (χ4v) is 1.69. The molecule has 18 heavy (non-hydrogen) atoms. The van der Waals surface area contributed by atoms with Gasteiger partial charge in [-0.1, -0.05) is 32.4 Å². The minimum absolute atomic E-state index is 0.191. The van der Waals surface area contributed by atoms with Crippen LogP contribution in [0.2, 0.25) is 5.15 Å². The van der Waals surface area contributed by atoms with Crippen molar-refractivity contribution in [1.29, 1.82) is 0 Å². The lowest BCUT2D eigenvalue weighted by Crippen LogP contribution is -2.20. The fourth-order valence-electron chi connectivity index (χ4n) is 1.56. The number of hydrogen-bond acceptors (Lipinski definition) is 3. The molecule has 0 aliphatic carbocycles. The van der Waals surface area contributed by atoms with Gasteiger partial charge in [-0.05, 0) is 0 Å². The third-order valence-electron chi connectivity index (χ3n) is 2.65. The molecule has 0 unspecified atom stereocenters. The average Bonchev–Trinajstić information content (AvgIpc) is 2.58. The highest BCUT2D eigenvalue weighted by molar-refractivity contribution is 6.29. The molecule has 1 N–H and O–H groups in total. The molecule has 0 saturated carbocycles. The maximum atomic E-state index is 11.7. The predicted molar refractivity (Wildman–Crippen MR) is 70.8 cm³/mol. The van der Waals surface area contributed by atoms with Crippen molar-refractivity contribution in [3.05, 3.63) is 33.5 Å². The summed E-state index contributed by atoms with van der Waals surface area (Å²) < 4.78 is 1.67. The van der Waals surface area contributed by atoms with Crippen LogP contribution in [0.25, 0.3) is 11.6 Å². The van der Waals surface area contributed by atoms with Crippen LogP contribution in [0, 0.1) is 0 Å². The first-order chi connectivity index (χ1) is 8.29. The summed E-state index contributed by atoms with van der Waals surface area (Å²) in [6.45, 7) is 6.01. The van der Waals surface area contributed by atoms with Crippen molar-refractivity contribution in [2.75, 3.05) is 0 Å². The molecule has 0 aliphatic heterocycles. The van der Waals surface area contributed by atoms with Crippen molar-refractivity contribution in [1.82, 2.24) is 19.5 Å². The van der Waals surface area contributed by atoms with E-state index in [9.17, 15) is 4.79 Å². The minimum atomic E-state index is -0.196. The summed E-state index contributed by atoms with van der Waals surface area (Å²) in [7, 11) is 1.77. The van der Waals surface area contributed by atoms with E-state index in [1.807, 2.05) is 20.8 Å². The van der Waals surface area contributed by atoms with Gasteiger partial charge in [0.25, 0.3) is 5.56 Å². The molecule has 2 aromatic rings. The fraction of sp³-hybridized carbons (Fsp3) is 0.417. The van der Waals surface area contributed by atoms with Crippen molar-refractivity contribution in [3.8, 4) is 11.6 Å². The van der Waals surface area contributed by atoms with Crippen molar-refractivity contribution in [2.45, 2.75) is 26.2 Å². The van der Waals surface area contributed by atoms with E-state index in [-0.39, 0.29) is 11.0 Å². The lowest BCUT2D eigenvalue weighted by Gasteiger charge is -2.17. The molecule has 0 aliphatic rings. The molecular formula is C12H15ClN4O. The summed E-state index contributed by atoms with van der Waals surface area (Å²) in [5, 5.41) is 0.494. The van der Waals surface area contributed by atoms with Gasteiger partial charge < -0.3 is 9.55 Å². The van der Waals surface area contributed by atoms with Gasteiger partial charge in [-0.2, -0.15) is 0 Å². The maximum Gasteiger partial charge on any atom is 0.251 e.